The molecule has 2 heterocycles. The fraction of sp³-hybridized carbons (Fsp3) is 0.696. The number of carbonyl (C=O) groups excluding carboxylic acids is 2. The van der Waals surface area contributed by atoms with E-state index in [2.05, 4.69) is 15.6 Å². The number of hydrogen-bond donors (Lipinski definition) is 2. The van der Waals surface area contributed by atoms with E-state index in [1.54, 1.807) is 6.20 Å². The topological polar surface area (TPSA) is 74.3 Å². The summed E-state index contributed by atoms with van der Waals surface area (Å²) in [6.07, 6.45) is 13.5. The fourth-order valence-electron chi connectivity index (χ4n) is 6.96. The average Bonchev–Trinajstić information content (AvgIpc) is 3.17. The highest BCUT2D eigenvalue weighted by Crippen LogP contribution is 2.55. The molecule has 4 bridgehead atoms. The molecule has 156 valence electrons. The Bertz CT molecular complexity index is 730. The van der Waals surface area contributed by atoms with E-state index >= 15 is 0 Å². The number of likely N-dealkylation sites (tertiary alicyclic amines) is 1. The largest absolute Gasteiger partial charge is 0.338 e. The molecule has 4 aliphatic carbocycles. The van der Waals surface area contributed by atoms with Crippen molar-refractivity contribution in [3.8, 4) is 0 Å². The number of aromatic nitrogens is 1. The highest BCUT2D eigenvalue weighted by atomic mass is 16.2. The van der Waals surface area contributed by atoms with Crippen LogP contribution in [0, 0.1) is 17.8 Å². The van der Waals surface area contributed by atoms with Crippen LogP contribution < -0.4 is 10.6 Å². The van der Waals surface area contributed by atoms with E-state index in [1.807, 2.05) is 23.2 Å². The van der Waals surface area contributed by atoms with Crippen LogP contribution in [0.2, 0.25) is 0 Å². The second kappa shape index (κ2) is 7.62. The van der Waals surface area contributed by atoms with Gasteiger partial charge in [0.2, 0.25) is 5.91 Å². The third-order valence-corrected chi connectivity index (χ3v) is 7.68. The number of nitrogens with zero attached hydrogens (tertiary/aromatic N) is 2. The predicted molar refractivity (Wildman–Crippen MR) is 110 cm³/mol. The maximum atomic E-state index is 12.8. The molecular weight excluding hydrogens is 364 g/mol. The smallest absolute Gasteiger partial charge is 0.315 e. The van der Waals surface area contributed by atoms with Crippen LogP contribution in [0.3, 0.4) is 0 Å². The molecule has 1 unspecified atom stereocenters. The molecule has 3 amide bonds. The number of rotatable bonds is 5. The lowest BCUT2D eigenvalue weighted by atomic mass is 9.53. The Kier molecular flexibility index (Phi) is 4.96. The van der Waals surface area contributed by atoms with Gasteiger partial charge in [0.15, 0.2) is 0 Å². The summed E-state index contributed by atoms with van der Waals surface area (Å²) in [5.41, 5.74) is 1.12. The molecule has 4 saturated carbocycles. The van der Waals surface area contributed by atoms with E-state index in [-0.39, 0.29) is 23.5 Å². The summed E-state index contributed by atoms with van der Waals surface area (Å²) < 4.78 is 0. The zero-order chi connectivity index (χ0) is 19.8. The van der Waals surface area contributed by atoms with Crippen molar-refractivity contribution in [2.45, 2.75) is 69.4 Å². The van der Waals surface area contributed by atoms with Gasteiger partial charge in [0, 0.05) is 37.4 Å². The Balaban J connectivity index is 1.11. The van der Waals surface area contributed by atoms with Crippen molar-refractivity contribution in [3.05, 3.63) is 30.1 Å². The van der Waals surface area contributed by atoms with Gasteiger partial charge in [0.05, 0.1) is 6.04 Å². The summed E-state index contributed by atoms with van der Waals surface area (Å²) in [7, 11) is 0. The minimum Gasteiger partial charge on any atom is -0.338 e. The standard InChI is InChI=1S/C23H32N4O2/c28-21(27-8-2-4-20(27)19-3-1-6-24-15-19)5-7-25-22(29)26-23-12-16-9-17(13-23)11-18(10-16)14-23/h1,3,6,15-18,20H,2,4-5,7-14H2,(H2,25,26,29). The maximum absolute atomic E-state index is 12.8. The van der Waals surface area contributed by atoms with Crippen molar-refractivity contribution in [2.75, 3.05) is 13.1 Å². The van der Waals surface area contributed by atoms with Crippen LogP contribution in [0.25, 0.3) is 0 Å². The van der Waals surface area contributed by atoms with Crippen molar-refractivity contribution < 1.29 is 9.59 Å². The Morgan fingerprint density at radius 1 is 1.14 bits per heavy atom. The van der Waals surface area contributed by atoms with Gasteiger partial charge in [0.25, 0.3) is 0 Å². The van der Waals surface area contributed by atoms with E-state index in [9.17, 15) is 9.59 Å². The third kappa shape index (κ3) is 3.86. The third-order valence-electron chi connectivity index (χ3n) is 7.68. The molecule has 1 aliphatic heterocycles. The summed E-state index contributed by atoms with van der Waals surface area (Å²) in [5.74, 6) is 2.54. The summed E-state index contributed by atoms with van der Waals surface area (Å²) in [5, 5.41) is 6.28. The van der Waals surface area contributed by atoms with E-state index in [0.29, 0.717) is 13.0 Å². The van der Waals surface area contributed by atoms with Crippen LogP contribution >= 0.6 is 0 Å². The van der Waals surface area contributed by atoms with Crippen molar-refractivity contribution in [3.63, 3.8) is 0 Å². The van der Waals surface area contributed by atoms with Crippen LogP contribution in [0.1, 0.15) is 69.4 Å². The van der Waals surface area contributed by atoms with Crippen LogP contribution in [0.4, 0.5) is 4.79 Å². The maximum Gasteiger partial charge on any atom is 0.315 e. The van der Waals surface area contributed by atoms with Gasteiger partial charge in [-0.05, 0) is 80.8 Å². The number of urea groups is 1. The Hall–Kier alpha value is -2.11. The lowest BCUT2D eigenvalue weighted by molar-refractivity contribution is -0.132. The molecule has 1 aromatic heterocycles. The lowest BCUT2D eigenvalue weighted by Crippen LogP contribution is -2.61. The summed E-state index contributed by atoms with van der Waals surface area (Å²) in [4.78, 5) is 31.5. The van der Waals surface area contributed by atoms with E-state index in [4.69, 9.17) is 0 Å². The number of nitrogens with one attached hydrogen (secondary N) is 2. The fourth-order valence-corrected chi connectivity index (χ4v) is 6.96. The zero-order valence-electron chi connectivity index (χ0n) is 17.1. The van der Waals surface area contributed by atoms with Crippen LogP contribution in [0.15, 0.2) is 24.5 Å². The first-order valence-corrected chi connectivity index (χ1v) is 11.4. The number of pyridine rings is 1. The molecular formula is C23H32N4O2. The summed E-state index contributed by atoms with van der Waals surface area (Å²) >= 11 is 0. The first kappa shape index (κ1) is 18.9. The molecule has 0 aromatic carbocycles. The van der Waals surface area contributed by atoms with Gasteiger partial charge in [-0.1, -0.05) is 6.07 Å². The van der Waals surface area contributed by atoms with Gasteiger partial charge < -0.3 is 15.5 Å². The summed E-state index contributed by atoms with van der Waals surface area (Å²) in [6, 6.07) is 4.00. The molecule has 5 aliphatic rings. The van der Waals surface area contributed by atoms with E-state index < -0.39 is 0 Å². The molecule has 0 spiro atoms. The molecule has 1 aromatic rings. The Morgan fingerprint density at radius 3 is 2.52 bits per heavy atom. The molecule has 5 fully saturated rings. The quantitative estimate of drug-likeness (QED) is 0.801. The van der Waals surface area contributed by atoms with Crippen molar-refractivity contribution in [1.29, 1.82) is 0 Å². The van der Waals surface area contributed by atoms with Gasteiger partial charge in [-0.3, -0.25) is 9.78 Å². The minimum atomic E-state index is -0.0926. The normalized spacial score (nSPS) is 35.0. The van der Waals surface area contributed by atoms with Gasteiger partial charge in [-0.25, -0.2) is 4.79 Å². The molecule has 0 radical (unpaired) electrons. The van der Waals surface area contributed by atoms with E-state index in [0.717, 1.165) is 62.0 Å². The first-order valence-electron chi connectivity index (χ1n) is 11.4. The second-order valence-corrected chi connectivity index (χ2v) is 9.86. The van der Waals surface area contributed by atoms with Gasteiger partial charge in [-0.2, -0.15) is 0 Å². The predicted octanol–water partition coefficient (Wildman–Crippen LogP) is 3.40. The lowest BCUT2D eigenvalue weighted by Gasteiger charge is -2.56. The molecule has 29 heavy (non-hydrogen) atoms. The van der Waals surface area contributed by atoms with Crippen molar-refractivity contribution in [2.24, 2.45) is 17.8 Å². The zero-order valence-corrected chi connectivity index (χ0v) is 17.1. The second-order valence-electron chi connectivity index (χ2n) is 9.86. The molecule has 6 heteroatoms. The first-order chi connectivity index (χ1) is 14.1. The molecule has 1 saturated heterocycles. The van der Waals surface area contributed by atoms with Crippen LogP contribution in [-0.2, 0) is 4.79 Å². The highest BCUT2D eigenvalue weighted by molar-refractivity contribution is 5.79. The Morgan fingerprint density at radius 2 is 1.86 bits per heavy atom. The number of amides is 3. The average molecular weight is 397 g/mol. The highest BCUT2D eigenvalue weighted by Gasteiger charge is 2.51. The molecule has 6 rings (SSSR count). The van der Waals surface area contributed by atoms with E-state index in [1.165, 1.54) is 19.3 Å². The number of carbonyl (C=O) groups is 2. The SMILES string of the molecule is O=C(NCCC(=O)N1CCCC1c1cccnc1)NC12CC3CC(CC(C3)C1)C2. The van der Waals surface area contributed by atoms with Gasteiger partial charge in [-0.15, -0.1) is 0 Å². The number of hydrogen-bond acceptors (Lipinski definition) is 3. The molecule has 6 nitrogen and oxygen atoms in total. The summed E-state index contributed by atoms with van der Waals surface area (Å²) in [6.45, 7) is 1.19. The van der Waals surface area contributed by atoms with Crippen molar-refractivity contribution >= 4 is 11.9 Å². The Labute approximate surface area is 172 Å². The van der Waals surface area contributed by atoms with Gasteiger partial charge in [0.1, 0.15) is 0 Å². The van der Waals surface area contributed by atoms with Crippen LogP contribution in [0.5, 0.6) is 0 Å². The van der Waals surface area contributed by atoms with Gasteiger partial charge >= 0.3 is 6.03 Å². The molecule has 1 atom stereocenters. The van der Waals surface area contributed by atoms with Crippen LogP contribution in [-0.4, -0.2) is 40.5 Å². The molecule has 2 N–H and O–H groups in total. The monoisotopic (exact) mass is 396 g/mol. The minimum absolute atomic E-state index is 0.0171. The van der Waals surface area contributed by atoms with Crippen molar-refractivity contribution in [1.82, 2.24) is 20.5 Å².